The number of rotatable bonds is 3. The molecule has 0 saturated heterocycles. The number of hydroxylamine groups is 1. The van der Waals surface area contributed by atoms with Gasteiger partial charge in [-0.25, -0.2) is 0 Å². The number of nitrogens with one attached hydrogen (secondary N) is 2. The summed E-state index contributed by atoms with van der Waals surface area (Å²) in [4.78, 5) is 18.2. The van der Waals surface area contributed by atoms with Gasteiger partial charge >= 0.3 is 0 Å². The fraction of sp³-hybridized carbons (Fsp3) is 0.550. The van der Waals surface area contributed by atoms with Crippen LogP contribution in [0.25, 0.3) is 0 Å². The van der Waals surface area contributed by atoms with E-state index in [2.05, 4.69) is 31.6 Å². The highest BCUT2D eigenvalue weighted by molar-refractivity contribution is 5.93. The van der Waals surface area contributed by atoms with Gasteiger partial charge in [0.2, 0.25) is 0 Å². The molecule has 1 saturated carbocycles. The molecule has 1 aliphatic heterocycles. The molecule has 1 fully saturated rings. The van der Waals surface area contributed by atoms with Gasteiger partial charge in [0, 0.05) is 12.2 Å². The van der Waals surface area contributed by atoms with E-state index in [1.807, 2.05) is 30.3 Å². The number of hydrogen-bond acceptors (Lipinski definition) is 4. The van der Waals surface area contributed by atoms with Gasteiger partial charge in [-0.05, 0) is 60.8 Å². The number of amides is 1. The zero-order valence-corrected chi connectivity index (χ0v) is 15.4. The molecule has 1 aromatic carbocycles. The number of anilines is 1. The summed E-state index contributed by atoms with van der Waals surface area (Å²) in [6, 6.07) is 7.50. The molecule has 136 valence electrons. The summed E-state index contributed by atoms with van der Waals surface area (Å²) in [5, 5.41) is 2.92. The standard InChI is InChI=1S/C20H29N3O2/c1-19(2,3)15-8-10-20(11-9-15)12-17(23-25-20)18(24)22-13-14-4-6-16(21)7-5-14/h4-7,12,15,23H,8-11,13,21H2,1-3H3,(H,22,24). The molecule has 5 heteroatoms. The average molecular weight is 343 g/mol. The molecule has 5 nitrogen and oxygen atoms in total. The first-order valence-electron chi connectivity index (χ1n) is 9.07. The van der Waals surface area contributed by atoms with Gasteiger partial charge in [-0.2, -0.15) is 0 Å². The van der Waals surface area contributed by atoms with Crippen LogP contribution in [0.4, 0.5) is 5.69 Å². The van der Waals surface area contributed by atoms with E-state index in [1.54, 1.807) is 0 Å². The smallest absolute Gasteiger partial charge is 0.269 e. The van der Waals surface area contributed by atoms with Crippen molar-refractivity contribution < 1.29 is 9.63 Å². The van der Waals surface area contributed by atoms with Crippen LogP contribution in [0, 0.1) is 11.3 Å². The number of hydrogen-bond donors (Lipinski definition) is 3. The van der Waals surface area contributed by atoms with Crippen LogP contribution < -0.4 is 16.5 Å². The Morgan fingerprint density at radius 3 is 2.52 bits per heavy atom. The zero-order valence-electron chi connectivity index (χ0n) is 15.4. The third kappa shape index (κ3) is 4.15. The topological polar surface area (TPSA) is 76.4 Å². The Kier molecular flexibility index (Phi) is 4.78. The van der Waals surface area contributed by atoms with Crippen molar-refractivity contribution in [3.8, 4) is 0 Å². The molecule has 0 unspecified atom stereocenters. The molecule has 1 amide bonds. The predicted molar refractivity (Wildman–Crippen MR) is 99.1 cm³/mol. The van der Waals surface area contributed by atoms with Crippen molar-refractivity contribution in [1.29, 1.82) is 0 Å². The minimum absolute atomic E-state index is 0.133. The lowest BCUT2D eigenvalue weighted by Crippen LogP contribution is -2.37. The van der Waals surface area contributed by atoms with Crippen molar-refractivity contribution in [1.82, 2.24) is 10.8 Å². The average Bonchev–Trinajstić information content (AvgIpc) is 2.97. The number of benzene rings is 1. The van der Waals surface area contributed by atoms with E-state index in [-0.39, 0.29) is 11.5 Å². The summed E-state index contributed by atoms with van der Waals surface area (Å²) in [7, 11) is 0. The number of nitrogen functional groups attached to an aromatic ring is 1. The second-order valence-electron chi connectivity index (χ2n) is 8.39. The fourth-order valence-corrected chi connectivity index (χ4v) is 3.72. The third-order valence-corrected chi connectivity index (χ3v) is 5.51. The lowest BCUT2D eigenvalue weighted by molar-refractivity contribution is -0.120. The Morgan fingerprint density at radius 1 is 1.28 bits per heavy atom. The second kappa shape index (κ2) is 6.71. The third-order valence-electron chi connectivity index (χ3n) is 5.51. The van der Waals surface area contributed by atoms with E-state index in [9.17, 15) is 4.79 Å². The summed E-state index contributed by atoms with van der Waals surface area (Å²) in [5.41, 5.74) is 10.8. The molecule has 1 heterocycles. The summed E-state index contributed by atoms with van der Waals surface area (Å²) in [6.07, 6.45) is 6.14. The molecule has 0 aromatic heterocycles. The van der Waals surface area contributed by atoms with Crippen LogP contribution in [0.3, 0.4) is 0 Å². The Hall–Kier alpha value is -2.01. The van der Waals surface area contributed by atoms with Gasteiger partial charge in [0.1, 0.15) is 11.3 Å². The first-order chi connectivity index (χ1) is 11.8. The van der Waals surface area contributed by atoms with Crippen molar-refractivity contribution in [2.24, 2.45) is 11.3 Å². The van der Waals surface area contributed by atoms with Gasteiger partial charge in [0.15, 0.2) is 0 Å². The molecule has 1 aliphatic carbocycles. The predicted octanol–water partition coefficient (Wildman–Crippen LogP) is 3.28. The Morgan fingerprint density at radius 2 is 1.92 bits per heavy atom. The van der Waals surface area contributed by atoms with Crippen LogP contribution in [0.2, 0.25) is 0 Å². The maximum Gasteiger partial charge on any atom is 0.269 e. The van der Waals surface area contributed by atoms with Gasteiger partial charge in [-0.15, -0.1) is 0 Å². The molecule has 25 heavy (non-hydrogen) atoms. The van der Waals surface area contributed by atoms with Crippen molar-refractivity contribution in [2.45, 2.75) is 58.6 Å². The number of carbonyl (C=O) groups is 1. The van der Waals surface area contributed by atoms with E-state index in [4.69, 9.17) is 10.6 Å². The van der Waals surface area contributed by atoms with Gasteiger partial charge < -0.3 is 11.1 Å². The summed E-state index contributed by atoms with van der Waals surface area (Å²) in [6.45, 7) is 7.37. The molecular weight excluding hydrogens is 314 g/mol. The quantitative estimate of drug-likeness (QED) is 0.736. The van der Waals surface area contributed by atoms with E-state index in [0.29, 0.717) is 23.6 Å². The summed E-state index contributed by atoms with van der Waals surface area (Å²) in [5.74, 6) is 0.574. The molecule has 2 aliphatic rings. The Balaban J connectivity index is 1.56. The zero-order chi connectivity index (χ0) is 18.1. The first kappa shape index (κ1) is 17.8. The largest absolute Gasteiger partial charge is 0.399 e. The molecular formula is C20H29N3O2. The molecule has 1 spiro atoms. The Bertz CT molecular complexity index is 651. The van der Waals surface area contributed by atoms with Crippen molar-refractivity contribution in [2.75, 3.05) is 5.73 Å². The highest BCUT2D eigenvalue weighted by atomic mass is 16.7. The van der Waals surface area contributed by atoms with Crippen LogP contribution in [0.15, 0.2) is 36.0 Å². The van der Waals surface area contributed by atoms with Crippen LogP contribution in [0.5, 0.6) is 0 Å². The van der Waals surface area contributed by atoms with Crippen LogP contribution in [0.1, 0.15) is 52.0 Å². The van der Waals surface area contributed by atoms with Gasteiger partial charge in [-0.3, -0.25) is 15.1 Å². The summed E-state index contributed by atoms with van der Waals surface area (Å²) >= 11 is 0. The van der Waals surface area contributed by atoms with E-state index >= 15 is 0 Å². The van der Waals surface area contributed by atoms with Crippen molar-refractivity contribution in [3.05, 3.63) is 41.6 Å². The van der Waals surface area contributed by atoms with Gasteiger partial charge in [0.05, 0.1) is 0 Å². The highest BCUT2D eigenvalue weighted by Gasteiger charge is 2.42. The van der Waals surface area contributed by atoms with E-state index in [1.165, 1.54) is 0 Å². The summed E-state index contributed by atoms with van der Waals surface area (Å²) < 4.78 is 0. The van der Waals surface area contributed by atoms with Gasteiger partial charge in [0.25, 0.3) is 5.91 Å². The van der Waals surface area contributed by atoms with Crippen LogP contribution in [-0.2, 0) is 16.2 Å². The maximum absolute atomic E-state index is 12.4. The normalized spacial score (nSPS) is 26.2. The van der Waals surface area contributed by atoms with Gasteiger partial charge in [-0.1, -0.05) is 32.9 Å². The van der Waals surface area contributed by atoms with Crippen molar-refractivity contribution in [3.63, 3.8) is 0 Å². The van der Waals surface area contributed by atoms with Crippen LogP contribution >= 0.6 is 0 Å². The second-order valence-corrected chi connectivity index (χ2v) is 8.39. The monoisotopic (exact) mass is 343 g/mol. The molecule has 4 N–H and O–H groups in total. The minimum atomic E-state index is -0.324. The fourth-order valence-electron chi connectivity index (χ4n) is 3.72. The van der Waals surface area contributed by atoms with E-state index < -0.39 is 0 Å². The van der Waals surface area contributed by atoms with Crippen molar-refractivity contribution >= 4 is 11.6 Å². The SMILES string of the molecule is CC(C)(C)C1CCC2(C=C(C(=O)NCc3ccc(N)cc3)NO2)CC1. The number of nitrogens with two attached hydrogens (primary N) is 1. The first-order valence-corrected chi connectivity index (χ1v) is 9.07. The Labute approximate surface area is 150 Å². The van der Waals surface area contributed by atoms with E-state index in [0.717, 1.165) is 36.9 Å². The molecule has 0 bridgehead atoms. The maximum atomic E-state index is 12.4. The number of carbonyl (C=O) groups excluding carboxylic acids is 1. The molecule has 3 rings (SSSR count). The molecule has 1 aromatic rings. The molecule has 0 radical (unpaired) electrons. The lowest BCUT2D eigenvalue weighted by Gasteiger charge is -2.40. The highest BCUT2D eigenvalue weighted by Crippen LogP contribution is 2.44. The minimum Gasteiger partial charge on any atom is -0.399 e. The van der Waals surface area contributed by atoms with Crippen LogP contribution in [-0.4, -0.2) is 11.5 Å². The lowest BCUT2D eigenvalue weighted by atomic mass is 9.68. The molecule has 0 atom stereocenters.